The van der Waals surface area contributed by atoms with E-state index in [-0.39, 0.29) is 18.0 Å². The molecule has 0 heterocycles. The van der Waals surface area contributed by atoms with E-state index < -0.39 is 20.5 Å². The summed E-state index contributed by atoms with van der Waals surface area (Å²) in [5.41, 5.74) is 0.978. The molecule has 0 bridgehead atoms. The van der Waals surface area contributed by atoms with Crippen LogP contribution in [0.5, 0.6) is 11.5 Å². The highest BCUT2D eigenvalue weighted by atomic mass is 32.2. The van der Waals surface area contributed by atoms with Gasteiger partial charge in [0.15, 0.2) is 11.5 Å². The zero-order valence-corrected chi connectivity index (χ0v) is 15.8. The van der Waals surface area contributed by atoms with E-state index in [9.17, 15) is 22.0 Å². The van der Waals surface area contributed by atoms with Crippen molar-refractivity contribution in [1.82, 2.24) is 4.90 Å². The van der Waals surface area contributed by atoms with Crippen molar-refractivity contribution in [2.45, 2.75) is 17.2 Å². The number of sulfone groups is 1. The third-order valence-corrected chi connectivity index (χ3v) is 5.28. The molecule has 0 atom stereocenters. The molecule has 2 rings (SSSR count). The molecule has 2 aromatic rings. The van der Waals surface area contributed by atoms with Crippen molar-refractivity contribution in [3.63, 3.8) is 0 Å². The van der Waals surface area contributed by atoms with Gasteiger partial charge in [0.05, 0.1) is 19.1 Å². The molecule has 0 saturated heterocycles. The van der Waals surface area contributed by atoms with E-state index in [1.807, 2.05) is 0 Å². The Morgan fingerprint density at radius 3 is 2.15 bits per heavy atom. The number of alkyl halides is 2. The van der Waals surface area contributed by atoms with Gasteiger partial charge in [0.1, 0.15) is 0 Å². The van der Waals surface area contributed by atoms with Crippen LogP contribution in [-0.4, -0.2) is 46.2 Å². The first-order chi connectivity index (χ1) is 12.7. The lowest BCUT2D eigenvalue weighted by molar-refractivity contribution is 0.0785. The van der Waals surface area contributed by atoms with Gasteiger partial charge < -0.3 is 14.4 Å². The first-order valence-electron chi connectivity index (χ1n) is 7.79. The maximum absolute atomic E-state index is 12.6. The molecule has 0 saturated carbocycles. The summed E-state index contributed by atoms with van der Waals surface area (Å²) >= 11 is 0. The molecule has 0 aliphatic rings. The number of amides is 1. The second kappa shape index (κ2) is 8.34. The van der Waals surface area contributed by atoms with E-state index in [4.69, 9.17) is 9.47 Å². The highest BCUT2D eigenvalue weighted by molar-refractivity contribution is 7.91. The predicted octanol–water partition coefficient (Wildman–Crippen LogP) is 2.97. The molecule has 0 N–H and O–H groups in total. The Kier molecular flexibility index (Phi) is 6.37. The average Bonchev–Trinajstić information content (AvgIpc) is 2.67. The first kappa shape index (κ1) is 20.6. The Morgan fingerprint density at radius 1 is 1.04 bits per heavy atom. The lowest BCUT2D eigenvalue weighted by Crippen LogP contribution is -2.26. The van der Waals surface area contributed by atoms with E-state index in [0.29, 0.717) is 11.5 Å². The summed E-state index contributed by atoms with van der Waals surface area (Å²) < 4.78 is 58.4. The number of carbonyl (C=O) groups excluding carboxylic acids is 1. The van der Waals surface area contributed by atoms with Gasteiger partial charge in [0, 0.05) is 19.2 Å². The van der Waals surface area contributed by atoms with Crippen LogP contribution in [0.1, 0.15) is 15.9 Å². The summed E-state index contributed by atoms with van der Waals surface area (Å²) in [5.74, 6) is -2.80. The van der Waals surface area contributed by atoms with Crippen molar-refractivity contribution in [2.75, 3.05) is 21.3 Å². The molecule has 6 nitrogen and oxygen atoms in total. The average molecular weight is 399 g/mol. The topological polar surface area (TPSA) is 72.9 Å². The van der Waals surface area contributed by atoms with Gasteiger partial charge >= 0.3 is 5.76 Å². The molecule has 1 amide bonds. The molecule has 0 aliphatic carbocycles. The van der Waals surface area contributed by atoms with E-state index in [2.05, 4.69) is 0 Å². The Morgan fingerprint density at radius 2 is 1.63 bits per heavy atom. The molecular weight excluding hydrogens is 380 g/mol. The zero-order chi connectivity index (χ0) is 20.2. The second-order valence-corrected chi connectivity index (χ2v) is 7.60. The molecule has 0 aliphatic heterocycles. The summed E-state index contributed by atoms with van der Waals surface area (Å²) in [5, 5.41) is 0. The van der Waals surface area contributed by atoms with Gasteiger partial charge in [-0.2, -0.15) is 8.78 Å². The van der Waals surface area contributed by atoms with Gasteiger partial charge in [-0.15, -0.1) is 0 Å². The van der Waals surface area contributed by atoms with Crippen molar-refractivity contribution in [3.05, 3.63) is 53.6 Å². The van der Waals surface area contributed by atoms with Gasteiger partial charge in [0.25, 0.3) is 5.91 Å². The minimum Gasteiger partial charge on any atom is -0.493 e. The lowest BCUT2D eigenvalue weighted by atomic mass is 10.1. The summed E-state index contributed by atoms with van der Waals surface area (Å²) in [6.07, 6.45) is 0. The normalized spacial score (nSPS) is 11.3. The number of hydrogen-bond donors (Lipinski definition) is 0. The third-order valence-electron chi connectivity index (χ3n) is 3.88. The van der Waals surface area contributed by atoms with Crippen LogP contribution in [0.25, 0.3) is 0 Å². The van der Waals surface area contributed by atoms with Crippen LogP contribution in [0, 0.1) is 0 Å². The highest BCUT2D eigenvalue weighted by Crippen LogP contribution is 2.28. The van der Waals surface area contributed by atoms with Crippen LogP contribution in [-0.2, 0) is 16.4 Å². The fraction of sp³-hybridized carbons (Fsp3) is 0.278. The Balaban J connectivity index is 2.16. The number of carbonyl (C=O) groups is 1. The summed E-state index contributed by atoms with van der Waals surface area (Å²) in [6, 6.07) is 9.66. The number of benzene rings is 2. The molecule has 0 aromatic heterocycles. The molecule has 0 fully saturated rings. The Labute approximate surface area is 156 Å². The van der Waals surface area contributed by atoms with E-state index >= 15 is 0 Å². The van der Waals surface area contributed by atoms with Crippen molar-refractivity contribution in [3.8, 4) is 11.5 Å². The minimum atomic E-state index is -4.69. The smallest absolute Gasteiger partial charge is 0.341 e. The monoisotopic (exact) mass is 399 g/mol. The molecule has 0 unspecified atom stereocenters. The molecule has 2 aromatic carbocycles. The largest absolute Gasteiger partial charge is 0.493 e. The van der Waals surface area contributed by atoms with Crippen LogP contribution in [0.2, 0.25) is 0 Å². The number of hydrogen-bond acceptors (Lipinski definition) is 5. The molecular formula is C18H19F2NO5S. The summed E-state index contributed by atoms with van der Waals surface area (Å²) in [7, 11) is -0.0898. The number of ether oxygens (including phenoxy) is 2. The molecule has 146 valence electrons. The number of methoxy groups -OCH3 is 2. The maximum atomic E-state index is 12.6. The molecule has 0 spiro atoms. The van der Waals surface area contributed by atoms with Gasteiger partial charge in [-0.3, -0.25) is 4.79 Å². The van der Waals surface area contributed by atoms with E-state index in [0.717, 1.165) is 17.7 Å². The van der Waals surface area contributed by atoms with Crippen molar-refractivity contribution in [1.29, 1.82) is 0 Å². The standard InChI is InChI=1S/C18H19F2NO5S/c1-21(11-12-4-9-15(25-2)16(10-12)26-3)17(22)13-5-7-14(8-6-13)27(23,24)18(19)20/h4-10,18H,11H2,1-3H3. The third kappa shape index (κ3) is 4.54. The minimum absolute atomic E-state index is 0.186. The first-order valence-corrected chi connectivity index (χ1v) is 9.33. The summed E-state index contributed by atoms with van der Waals surface area (Å²) in [6.45, 7) is 0.260. The zero-order valence-electron chi connectivity index (χ0n) is 15.0. The van der Waals surface area contributed by atoms with Gasteiger partial charge in [-0.05, 0) is 42.0 Å². The van der Waals surface area contributed by atoms with Crippen LogP contribution in [0.4, 0.5) is 8.78 Å². The van der Waals surface area contributed by atoms with E-state index in [1.54, 1.807) is 25.2 Å². The van der Waals surface area contributed by atoms with Gasteiger partial charge in [-0.1, -0.05) is 6.07 Å². The number of halogens is 2. The highest BCUT2D eigenvalue weighted by Gasteiger charge is 2.26. The van der Waals surface area contributed by atoms with Crippen molar-refractivity contribution < 1.29 is 31.5 Å². The van der Waals surface area contributed by atoms with Crippen LogP contribution in [0.15, 0.2) is 47.4 Å². The Bertz CT molecular complexity index is 914. The predicted molar refractivity (Wildman–Crippen MR) is 95.0 cm³/mol. The lowest BCUT2D eigenvalue weighted by Gasteiger charge is -2.18. The van der Waals surface area contributed by atoms with Crippen LogP contribution >= 0.6 is 0 Å². The van der Waals surface area contributed by atoms with E-state index in [1.165, 1.54) is 31.3 Å². The Hall–Kier alpha value is -2.68. The quantitative estimate of drug-likeness (QED) is 0.716. The number of rotatable bonds is 7. The summed E-state index contributed by atoms with van der Waals surface area (Å²) in [4.78, 5) is 13.4. The fourth-order valence-corrected chi connectivity index (χ4v) is 3.16. The van der Waals surface area contributed by atoms with Crippen LogP contribution in [0.3, 0.4) is 0 Å². The van der Waals surface area contributed by atoms with Gasteiger partial charge in [0.2, 0.25) is 9.84 Å². The number of nitrogens with zero attached hydrogens (tertiary/aromatic N) is 1. The van der Waals surface area contributed by atoms with Gasteiger partial charge in [-0.25, -0.2) is 8.42 Å². The maximum Gasteiger partial charge on any atom is 0.341 e. The molecule has 9 heteroatoms. The fourth-order valence-electron chi connectivity index (χ4n) is 2.44. The van der Waals surface area contributed by atoms with Crippen molar-refractivity contribution >= 4 is 15.7 Å². The van der Waals surface area contributed by atoms with Crippen LogP contribution < -0.4 is 9.47 Å². The molecule has 27 heavy (non-hydrogen) atoms. The second-order valence-electron chi connectivity index (χ2n) is 5.68. The SMILES string of the molecule is COc1ccc(CN(C)C(=O)c2ccc(S(=O)(=O)C(F)F)cc2)cc1OC. The molecule has 0 radical (unpaired) electrons. The van der Waals surface area contributed by atoms with Crippen molar-refractivity contribution in [2.24, 2.45) is 0 Å².